The molecule has 0 spiro atoms. The molecule has 0 aliphatic heterocycles. The summed E-state index contributed by atoms with van der Waals surface area (Å²) in [5.74, 6) is -2.36. The number of rotatable bonds is 4. The molecular formula is C14H11F3N2O4. The molecule has 0 aliphatic rings. The van der Waals surface area contributed by atoms with Crippen LogP contribution in [0.25, 0.3) is 0 Å². The Morgan fingerprint density at radius 2 is 1.83 bits per heavy atom. The lowest BCUT2D eigenvalue weighted by Gasteiger charge is -2.29. The van der Waals surface area contributed by atoms with Crippen LogP contribution >= 0.6 is 0 Å². The Balaban J connectivity index is 2.35. The van der Waals surface area contributed by atoms with Gasteiger partial charge in [0.15, 0.2) is 11.8 Å². The van der Waals surface area contributed by atoms with Crippen LogP contribution in [0.4, 0.5) is 19.1 Å². The summed E-state index contributed by atoms with van der Waals surface area (Å²) >= 11 is 0. The second-order valence-electron chi connectivity index (χ2n) is 4.67. The second kappa shape index (κ2) is 6.11. The van der Waals surface area contributed by atoms with E-state index in [0.717, 1.165) is 19.2 Å². The predicted molar refractivity (Wildman–Crippen MR) is 72.7 cm³/mol. The van der Waals surface area contributed by atoms with Gasteiger partial charge in [0.2, 0.25) is 0 Å². The number of nitro groups is 1. The third-order valence-electron chi connectivity index (χ3n) is 3.12. The van der Waals surface area contributed by atoms with Crippen LogP contribution in [-0.4, -0.2) is 29.0 Å². The summed E-state index contributed by atoms with van der Waals surface area (Å²) in [6.45, 7) is 0. The lowest BCUT2D eigenvalue weighted by molar-refractivity contribution is -0.402. The van der Waals surface area contributed by atoms with Crippen LogP contribution in [0, 0.1) is 10.1 Å². The molecule has 0 saturated carbocycles. The molecule has 2 aromatic rings. The van der Waals surface area contributed by atoms with Crippen LogP contribution in [-0.2, 0) is 0 Å². The van der Waals surface area contributed by atoms with Gasteiger partial charge < -0.3 is 9.32 Å². The van der Waals surface area contributed by atoms with E-state index < -0.39 is 34.7 Å². The van der Waals surface area contributed by atoms with Gasteiger partial charge in [0.1, 0.15) is 4.92 Å². The van der Waals surface area contributed by atoms with Crippen molar-refractivity contribution in [3.8, 4) is 0 Å². The number of furan rings is 1. The van der Waals surface area contributed by atoms with Crippen molar-refractivity contribution in [2.75, 3.05) is 7.05 Å². The highest BCUT2D eigenvalue weighted by Crippen LogP contribution is 2.37. The number of carbonyl (C=O) groups is 1. The van der Waals surface area contributed by atoms with Crippen molar-refractivity contribution in [1.29, 1.82) is 0 Å². The summed E-state index contributed by atoms with van der Waals surface area (Å²) in [6, 6.07) is 6.56. The van der Waals surface area contributed by atoms with E-state index in [4.69, 9.17) is 0 Å². The molecule has 6 nitrogen and oxygen atoms in total. The number of hydrogen-bond donors (Lipinski definition) is 0. The van der Waals surface area contributed by atoms with Crippen molar-refractivity contribution in [3.63, 3.8) is 0 Å². The van der Waals surface area contributed by atoms with Gasteiger partial charge in [-0.05, 0) is 11.6 Å². The van der Waals surface area contributed by atoms with Crippen molar-refractivity contribution in [1.82, 2.24) is 4.90 Å². The van der Waals surface area contributed by atoms with Crippen LogP contribution < -0.4 is 0 Å². The quantitative estimate of drug-likeness (QED) is 0.635. The van der Waals surface area contributed by atoms with Crippen LogP contribution in [0.15, 0.2) is 46.9 Å². The average molecular weight is 328 g/mol. The van der Waals surface area contributed by atoms with E-state index in [2.05, 4.69) is 4.42 Å². The third-order valence-corrected chi connectivity index (χ3v) is 3.12. The van der Waals surface area contributed by atoms with Crippen molar-refractivity contribution in [2.24, 2.45) is 0 Å². The van der Waals surface area contributed by atoms with Gasteiger partial charge in [-0.2, -0.15) is 13.2 Å². The normalized spacial score (nSPS) is 12.7. The fourth-order valence-corrected chi connectivity index (χ4v) is 2.10. The van der Waals surface area contributed by atoms with E-state index in [0.29, 0.717) is 4.90 Å². The lowest BCUT2D eigenvalue weighted by Crippen LogP contribution is -2.39. The Labute approximate surface area is 128 Å². The molecule has 0 aliphatic carbocycles. The van der Waals surface area contributed by atoms with E-state index in [9.17, 15) is 28.1 Å². The molecule has 1 amide bonds. The summed E-state index contributed by atoms with van der Waals surface area (Å²) in [4.78, 5) is 22.2. The van der Waals surface area contributed by atoms with Gasteiger partial charge in [-0.25, -0.2) is 0 Å². The minimum Gasteiger partial charge on any atom is -0.395 e. The fourth-order valence-electron chi connectivity index (χ4n) is 2.10. The Hall–Kier alpha value is -2.84. The molecule has 1 aromatic heterocycles. The van der Waals surface area contributed by atoms with E-state index >= 15 is 0 Å². The molecule has 2 rings (SSSR count). The molecule has 1 atom stereocenters. The molecule has 0 saturated heterocycles. The van der Waals surface area contributed by atoms with Gasteiger partial charge >= 0.3 is 12.1 Å². The van der Waals surface area contributed by atoms with Crippen LogP contribution in [0.1, 0.15) is 22.2 Å². The topological polar surface area (TPSA) is 76.6 Å². The molecule has 0 N–H and O–H groups in total. The van der Waals surface area contributed by atoms with Crippen LogP contribution in [0.5, 0.6) is 0 Å². The van der Waals surface area contributed by atoms with Crippen molar-refractivity contribution < 1.29 is 27.3 Å². The lowest BCUT2D eigenvalue weighted by atomic mass is 10.1. The molecule has 0 radical (unpaired) electrons. The van der Waals surface area contributed by atoms with E-state index in [1.165, 1.54) is 24.3 Å². The molecule has 0 bridgehead atoms. The Morgan fingerprint density at radius 1 is 1.22 bits per heavy atom. The van der Waals surface area contributed by atoms with E-state index in [1.54, 1.807) is 6.07 Å². The highest BCUT2D eigenvalue weighted by Gasteiger charge is 2.45. The van der Waals surface area contributed by atoms with Crippen LogP contribution in [0.2, 0.25) is 0 Å². The summed E-state index contributed by atoms with van der Waals surface area (Å²) in [6.07, 6.45) is -4.72. The largest absolute Gasteiger partial charge is 0.433 e. The highest BCUT2D eigenvalue weighted by atomic mass is 19.4. The average Bonchev–Trinajstić information content (AvgIpc) is 2.96. The first kappa shape index (κ1) is 16.5. The summed E-state index contributed by atoms with van der Waals surface area (Å²) in [5, 5.41) is 10.5. The zero-order chi connectivity index (χ0) is 17.2. The van der Waals surface area contributed by atoms with Crippen molar-refractivity contribution >= 4 is 11.8 Å². The standard InChI is InChI=1S/C14H11F3N2O4/c1-18(13(20)10-7-8-11(23-10)19(21)22)12(14(15,16)17)9-5-3-2-4-6-9/h2-8,12H,1H3. The number of halogens is 3. The summed E-state index contributed by atoms with van der Waals surface area (Å²) in [7, 11) is 0.960. The predicted octanol–water partition coefficient (Wildman–Crippen LogP) is 3.56. The maximum absolute atomic E-state index is 13.3. The highest BCUT2D eigenvalue weighted by molar-refractivity contribution is 5.92. The second-order valence-corrected chi connectivity index (χ2v) is 4.67. The van der Waals surface area contributed by atoms with Crippen molar-refractivity contribution in [3.05, 3.63) is 63.9 Å². The minimum absolute atomic E-state index is 0.128. The first-order valence-electron chi connectivity index (χ1n) is 6.35. The van der Waals surface area contributed by atoms with Gasteiger partial charge in [-0.1, -0.05) is 30.3 Å². The molecule has 1 heterocycles. The fraction of sp³-hybridized carbons (Fsp3) is 0.214. The Kier molecular flexibility index (Phi) is 4.39. The number of nitrogens with zero attached hydrogens (tertiary/aromatic N) is 2. The van der Waals surface area contributed by atoms with Gasteiger partial charge in [-0.3, -0.25) is 14.9 Å². The van der Waals surface area contributed by atoms with Gasteiger partial charge in [-0.15, -0.1) is 0 Å². The monoisotopic (exact) mass is 328 g/mol. The Morgan fingerprint density at radius 3 is 2.30 bits per heavy atom. The van der Waals surface area contributed by atoms with Gasteiger partial charge in [0.25, 0.3) is 5.91 Å². The zero-order valence-electron chi connectivity index (χ0n) is 11.8. The van der Waals surface area contributed by atoms with Crippen molar-refractivity contribution in [2.45, 2.75) is 12.2 Å². The van der Waals surface area contributed by atoms with Crippen LogP contribution in [0.3, 0.4) is 0 Å². The summed E-state index contributed by atoms with van der Waals surface area (Å²) in [5.41, 5.74) is -0.128. The van der Waals surface area contributed by atoms with E-state index in [-0.39, 0.29) is 5.56 Å². The molecule has 1 unspecified atom stereocenters. The Bertz CT molecular complexity index is 712. The molecule has 1 aromatic carbocycles. The molecule has 9 heteroatoms. The van der Waals surface area contributed by atoms with Gasteiger partial charge in [0, 0.05) is 7.05 Å². The first-order valence-corrected chi connectivity index (χ1v) is 6.35. The van der Waals surface area contributed by atoms with Gasteiger partial charge in [0.05, 0.1) is 6.07 Å². The third kappa shape index (κ3) is 3.50. The van der Waals surface area contributed by atoms with E-state index in [1.807, 2.05) is 0 Å². The number of hydrogen-bond acceptors (Lipinski definition) is 4. The molecule has 122 valence electrons. The smallest absolute Gasteiger partial charge is 0.395 e. The number of carbonyl (C=O) groups excluding carboxylic acids is 1. The molecule has 0 fully saturated rings. The maximum Gasteiger partial charge on any atom is 0.433 e. The summed E-state index contributed by atoms with van der Waals surface area (Å²) < 4.78 is 44.7. The number of benzene rings is 1. The number of alkyl halides is 3. The first-order chi connectivity index (χ1) is 10.7. The zero-order valence-corrected chi connectivity index (χ0v) is 11.8. The molecule has 23 heavy (non-hydrogen) atoms. The minimum atomic E-state index is -4.72. The SMILES string of the molecule is CN(C(=O)c1ccc([N+](=O)[O-])o1)C(c1ccccc1)C(F)(F)F. The number of amides is 1. The molecular weight excluding hydrogens is 317 g/mol. The maximum atomic E-state index is 13.3.